The van der Waals surface area contributed by atoms with E-state index in [0.717, 1.165) is 28.4 Å². The summed E-state index contributed by atoms with van der Waals surface area (Å²) in [4.78, 5) is 27.6. The van der Waals surface area contributed by atoms with Crippen LogP contribution in [0.15, 0.2) is 53.0 Å². The van der Waals surface area contributed by atoms with Gasteiger partial charge in [0, 0.05) is 37.2 Å². The maximum absolute atomic E-state index is 13.2. The fourth-order valence-electron chi connectivity index (χ4n) is 4.34. The zero-order valence-corrected chi connectivity index (χ0v) is 18.8. The molecule has 2 heterocycles. The Balaban J connectivity index is 1.46. The first kappa shape index (κ1) is 21.1. The summed E-state index contributed by atoms with van der Waals surface area (Å²) in [5.41, 5.74) is 2.91. The number of rotatable bonds is 5. The molecule has 2 aromatic carbocycles. The van der Waals surface area contributed by atoms with E-state index in [2.05, 4.69) is 33.4 Å². The predicted molar refractivity (Wildman–Crippen MR) is 119 cm³/mol. The van der Waals surface area contributed by atoms with Crippen molar-refractivity contribution in [1.82, 2.24) is 10.2 Å². The standard InChI is InChI=1S/C24H27BrN2O3/c1-17-5-7-18(8-6-17)15-27-16-19(13-22(27)28)23(29)26-24(9-11-30-12-10-24)20-3-2-4-21(25)14-20/h2-8,14,19H,9-13,15-16H2,1H3,(H,26,29). The fourth-order valence-corrected chi connectivity index (χ4v) is 4.74. The van der Waals surface area contributed by atoms with Gasteiger partial charge in [0.15, 0.2) is 0 Å². The van der Waals surface area contributed by atoms with Crippen molar-refractivity contribution in [1.29, 1.82) is 0 Å². The van der Waals surface area contributed by atoms with Gasteiger partial charge in [-0.3, -0.25) is 9.59 Å². The van der Waals surface area contributed by atoms with Gasteiger partial charge in [-0.25, -0.2) is 0 Å². The summed E-state index contributed by atoms with van der Waals surface area (Å²) in [6.07, 6.45) is 1.72. The zero-order chi connectivity index (χ0) is 21.1. The van der Waals surface area contributed by atoms with E-state index in [4.69, 9.17) is 4.74 Å². The monoisotopic (exact) mass is 470 g/mol. The Kier molecular flexibility index (Phi) is 6.25. The number of ether oxygens (including phenoxy) is 1. The molecule has 1 N–H and O–H groups in total. The Morgan fingerprint density at radius 1 is 1.20 bits per heavy atom. The van der Waals surface area contributed by atoms with E-state index in [-0.39, 0.29) is 24.2 Å². The molecular weight excluding hydrogens is 444 g/mol. The Labute approximate surface area is 185 Å². The molecule has 30 heavy (non-hydrogen) atoms. The number of halogens is 1. The number of nitrogens with one attached hydrogen (secondary N) is 1. The maximum Gasteiger partial charge on any atom is 0.226 e. The van der Waals surface area contributed by atoms with E-state index >= 15 is 0 Å². The number of amides is 2. The van der Waals surface area contributed by atoms with E-state index in [0.29, 0.717) is 26.3 Å². The molecule has 158 valence electrons. The molecule has 2 amide bonds. The molecule has 0 radical (unpaired) electrons. The van der Waals surface area contributed by atoms with Gasteiger partial charge in [-0.1, -0.05) is 57.9 Å². The molecule has 2 fully saturated rings. The Hall–Kier alpha value is -2.18. The minimum Gasteiger partial charge on any atom is -0.381 e. The highest BCUT2D eigenvalue weighted by molar-refractivity contribution is 9.10. The largest absolute Gasteiger partial charge is 0.381 e. The summed E-state index contributed by atoms with van der Waals surface area (Å²) in [5, 5.41) is 3.31. The lowest BCUT2D eigenvalue weighted by molar-refractivity contribution is -0.130. The molecule has 2 aromatic rings. The first-order valence-corrected chi connectivity index (χ1v) is 11.2. The molecule has 1 atom stereocenters. The van der Waals surface area contributed by atoms with Crippen LogP contribution in [0, 0.1) is 12.8 Å². The van der Waals surface area contributed by atoms with Crippen LogP contribution in [-0.2, 0) is 26.4 Å². The third-order valence-corrected chi connectivity index (χ3v) is 6.66. The second-order valence-corrected chi connectivity index (χ2v) is 9.27. The van der Waals surface area contributed by atoms with Crippen molar-refractivity contribution in [3.8, 4) is 0 Å². The van der Waals surface area contributed by atoms with Gasteiger partial charge < -0.3 is 15.0 Å². The summed E-state index contributed by atoms with van der Waals surface area (Å²) in [6, 6.07) is 16.3. The van der Waals surface area contributed by atoms with Crippen LogP contribution >= 0.6 is 15.9 Å². The number of hydrogen-bond donors (Lipinski definition) is 1. The van der Waals surface area contributed by atoms with Crippen molar-refractivity contribution in [3.63, 3.8) is 0 Å². The fraction of sp³-hybridized carbons (Fsp3) is 0.417. The average Bonchev–Trinajstić information content (AvgIpc) is 3.11. The lowest BCUT2D eigenvalue weighted by atomic mass is 9.82. The number of benzene rings is 2. The molecule has 2 aliphatic heterocycles. The van der Waals surface area contributed by atoms with Gasteiger partial charge in [0.2, 0.25) is 11.8 Å². The Bertz CT molecular complexity index is 922. The predicted octanol–water partition coefficient (Wildman–Crippen LogP) is 3.93. The molecule has 0 spiro atoms. The lowest BCUT2D eigenvalue weighted by Crippen LogP contribution is -2.51. The third-order valence-electron chi connectivity index (χ3n) is 6.17. The van der Waals surface area contributed by atoms with Gasteiger partial charge in [-0.05, 0) is 43.0 Å². The van der Waals surface area contributed by atoms with E-state index in [1.807, 2.05) is 43.3 Å². The molecule has 0 aromatic heterocycles. The highest BCUT2D eigenvalue weighted by Gasteiger charge is 2.40. The molecule has 1 unspecified atom stereocenters. The number of carbonyl (C=O) groups is 2. The van der Waals surface area contributed by atoms with Crippen LogP contribution in [0.5, 0.6) is 0 Å². The van der Waals surface area contributed by atoms with Crippen molar-refractivity contribution in [3.05, 3.63) is 69.7 Å². The second-order valence-electron chi connectivity index (χ2n) is 8.35. The molecule has 4 rings (SSSR count). The second kappa shape index (κ2) is 8.90. The highest BCUT2D eigenvalue weighted by Crippen LogP contribution is 2.34. The average molecular weight is 471 g/mol. The quantitative estimate of drug-likeness (QED) is 0.719. The third kappa shape index (κ3) is 4.60. The van der Waals surface area contributed by atoms with Gasteiger partial charge in [0.1, 0.15) is 0 Å². The summed E-state index contributed by atoms with van der Waals surface area (Å²) < 4.78 is 6.55. The zero-order valence-electron chi connectivity index (χ0n) is 17.2. The Morgan fingerprint density at radius 2 is 1.93 bits per heavy atom. The summed E-state index contributed by atoms with van der Waals surface area (Å²) in [7, 11) is 0. The van der Waals surface area contributed by atoms with Crippen molar-refractivity contribution < 1.29 is 14.3 Å². The van der Waals surface area contributed by atoms with E-state index in [1.54, 1.807) is 4.90 Å². The number of nitrogens with zero attached hydrogens (tertiary/aromatic N) is 1. The molecule has 5 nitrogen and oxygen atoms in total. The van der Waals surface area contributed by atoms with Crippen LogP contribution in [0.3, 0.4) is 0 Å². The summed E-state index contributed by atoms with van der Waals surface area (Å²) in [5.74, 6) is -0.328. The lowest BCUT2D eigenvalue weighted by Gasteiger charge is -2.39. The highest BCUT2D eigenvalue weighted by atomic mass is 79.9. The molecule has 6 heteroatoms. The van der Waals surface area contributed by atoms with Crippen LogP contribution in [0.25, 0.3) is 0 Å². The molecule has 0 bridgehead atoms. The number of hydrogen-bond acceptors (Lipinski definition) is 3. The van der Waals surface area contributed by atoms with Crippen molar-refractivity contribution in [2.45, 2.75) is 38.3 Å². The van der Waals surface area contributed by atoms with Crippen LogP contribution < -0.4 is 5.32 Å². The van der Waals surface area contributed by atoms with Crippen molar-refractivity contribution in [2.24, 2.45) is 5.92 Å². The maximum atomic E-state index is 13.2. The van der Waals surface area contributed by atoms with E-state index in [9.17, 15) is 9.59 Å². The van der Waals surface area contributed by atoms with Gasteiger partial charge >= 0.3 is 0 Å². The number of likely N-dealkylation sites (tertiary alicyclic amines) is 1. The van der Waals surface area contributed by atoms with Crippen LogP contribution in [-0.4, -0.2) is 36.5 Å². The van der Waals surface area contributed by atoms with Crippen molar-refractivity contribution >= 4 is 27.7 Å². The van der Waals surface area contributed by atoms with Gasteiger partial charge in [0.05, 0.1) is 11.5 Å². The minimum atomic E-state index is -0.452. The number of aryl methyl sites for hydroxylation is 1. The summed E-state index contributed by atoms with van der Waals surface area (Å²) in [6.45, 7) is 4.27. The first-order valence-electron chi connectivity index (χ1n) is 10.4. The Morgan fingerprint density at radius 3 is 2.63 bits per heavy atom. The van der Waals surface area contributed by atoms with E-state index < -0.39 is 5.54 Å². The SMILES string of the molecule is Cc1ccc(CN2CC(C(=O)NC3(c4cccc(Br)c4)CCOCC3)CC2=O)cc1. The summed E-state index contributed by atoms with van der Waals surface area (Å²) >= 11 is 3.54. The molecule has 0 saturated carbocycles. The smallest absolute Gasteiger partial charge is 0.226 e. The molecule has 2 saturated heterocycles. The molecular formula is C24H27BrN2O3. The topological polar surface area (TPSA) is 58.6 Å². The normalized spacial score (nSPS) is 20.9. The molecule has 0 aliphatic carbocycles. The minimum absolute atomic E-state index is 0.0409. The van der Waals surface area contributed by atoms with Crippen LogP contribution in [0.4, 0.5) is 0 Å². The van der Waals surface area contributed by atoms with Gasteiger partial charge in [-0.2, -0.15) is 0 Å². The van der Waals surface area contributed by atoms with Gasteiger partial charge in [-0.15, -0.1) is 0 Å². The van der Waals surface area contributed by atoms with E-state index in [1.165, 1.54) is 5.56 Å². The van der Waals surface area contributed by atoms with Gasteiger partial charge in [0.25, 0.3) is 0 Å². The van der Waals surface area contributed by atoms with Crippen molar-refractivity contribution in [2.75, 3.05) is 19.8 Å². The van der Waals surface area contributed by atoms with Crippen LogP contribution in [0.2, 0.25) is 0 Å². The van der Waals surface area contributed by atoms with Crippen LogP contribution in [0.1, 0.15) is 36.0 Å². The number of carbonyl (C=O) groups excluding carboxylic acids is 2. The molecule has 2 aliphatic rings. The first-order chi connectivity index (χ1) is 14.4.